The van der Waals surface area contributed by atoms with E-state index in [1.165, 1.54) is 99.8 Å². The van der Waals surface area contributed by atoms with Crippen molar-refractivity contribution in [3.63, 3.8) is 0 Å². The number of aryl methyl sites for hydroxylation is 3. The molecule has 0 amide bonds. The number of alkyl halides is 1. The van der Waals surface area contributed by atoms with Crippen molar-refractivity contribution in [3.8, 4) is 0 Å². The molecule has 0 saturated heterocycles. The zero-order valence-corrected chi connectivity index (χ0v) is 31.8. The van der Waals surface area contributed by atoms with Crippen molar-refractivity contribution in [2.45, 2.75) is 82.9 Å². The fourth-order valence-corrected chi connectivity index (χ4v) is 12.8. The lowest BCUT2D eigenvalue weighted by Crippen LogP contribution is -2.55. The first kappa shape index (κ1) is 33.7. The Kier molecular flexibility index (Phi) is 8.66. The minimum absolute atomic E-state index is 0.0763. The van der Waals surface area contributed by atoms with E-state index in [4.69, 9.17) is 11.6 Å². The quantitative estimate of drug-likeness (QED) is 0.142. The van der Waals surface area contributed by atoms with Crippen molar-refractivity contribution in [3.05, 3.63) is 195 Å². The lowest BCUT2D eigenvalue weighted by atomic mass is 9.41. The highest BCUT2D eigenvalue weighted by atomic mass is 35.5. The molecule has 2 atom stereocenters. The van der Waals surface area contributed by atoms with Gasteiger partial charge in [0.05, 0.1) is 10.8 Å². The molecule has 262 valence electrons. The maximum absolute atomic E-state index is 8.66. The number of allylic oxidation sites excluding steroid dienone is 4. The zero-order valence-electron chi connectivity index (χ0n) is 31.0. The van der Waals surface area contributed by atoms with E-state index >= 15 is 0 Å². The van der Waals surface area contributed by atoms with Crippen LogP contribution in [0.2, 0.25) is 0 Å². The van der Waals surface area contributed by atoms with Gasteiger partial charge in [0.1, 0.15) is 0 Å². The van der Waals surface area contributed by atoms with E-state index in [1.807, 2.05) is 0 Å². The SMILES string of the molecule is Cc1cc(C)c(C2(c3ccccc3)C(C34CC5CC(CC(C5)C3)C4)=C(c3ccccc3)C(Cc3ccccc3)=C(Cc3ccccc3)C2Cl)c(C)c1. The standard InChI is InChI=1S/C51H51Cl/c1-34-24-35(2)47(36(3)25-34)51(43-22-14-7-15-23-43)48(50-31-39-26-40(32-50)28-41(27-39)33-50)46(42-20-12-6-13-21-42)44(29-37-16-8-4-9-17-37)45(49(51)52)30-38-18-10-5-11-19-38/h4-25,39-41,49H,26-33H2,1-3H3. The van der Waals surface area contributed by atoms with Gasteiger partial charge in [-0.2, -0.15) is 0 Å². The van der Waals surface area contributed by atoms with Gasteiger partial charge in [-0.25, -0.2) is 0 Å². The van der Waals surface area contributed by atoms with E-state index in [1.54, 1.807) is 5.57 Å². The molecule has 0 nitrogen and oxygen atoms in total. The van der Waals surface area contributed by atoms with Gasteiger partial charge in [0, 0.05) is 0 Å². The van der Waals surface area contributed by atoms with Crippen LogP contribution in [-0.2, 0) is 18.3 Å². The summed E-state index contributed by atoms with van der Waals surface area (Å²) in [6, 6.07) is 50.2. The van der Waals surface area contributed by atoms with Gasteiger partial charge in [0.25, 0.3) is 0 Å². The predicted octanol–water partition coefficient (Wildman–Crippen LogP) is 13.0. The summed E-state index contributed by atoms with van der Waals surface area (Å²) < 4.78 is 0. The number of rotatable bonds is 8. The fraction of sp³-hybridized carbons (Fsp3) is 0.333. The van der Waals surface area contributed by atoms with Crippen LogP contribution in [0.15, 0.2) is 150 Å². The Morgan fingerprint density at radius 2 is 1.04 bits per heavy atom. The Labute approximate surface area is 316 Å². The van der Waals surface area contributed by atoms with Crippen molar-refractivity contribution in [1.29, 1.82) is 0 Å². The molecule has 52 heavy (non-hydrogen) atoms. The van der Waals surface area contributed by atoms with Gasteiger partial charge in [-0.05, 0) is 157 Å². The molecule has 0 radical (unpaired) electrons. The zero-order chi connectivity index (χ0) is 35.5. The van der Waals surface area contributed by atoms with Crippen molar-refractivity contribution in [2.24, 2.45) is 23.2 Å². The van der Waals surface area contributed by atoms with E-state index in [0.717, 1.165) is 30.6 Å². The fourth-order valence-electron chi connectivity index (χ4n) is 12.3. The minimum atomic E-state index is -0.550. The van der Waals surface area contributed by atoms with E-state index in [2.05, 4.69) is 154 Å². The minimum Gasteiger partial charge on any atom is -0.116 e. The van der Waals surface area contributed by atoms with Crippen LogP contribution in [-0.4, -0.2) is 5.38 Å². The van der Waals surface area contributed by atoms with Gasteiger partial charge < -0.3 is 0 Å². The molecule has 5 aliphatic carbocycles. The number of hydrogen-bond acceptors (Lipinski definition) is 0. The molecule has 10 rings (SSSR count). The number of benzene rings is 5. The van der Waals surface area contributed by atoms with E-state index in [0.29, 0.717) is 0 Å². The van der Waals surface area contributed by atoms with Crippen LogP contribution in [0.3, 0.4) is 0 Å². The molecule has 0 spiro atoms. The summed E-state index contributed by atoms with van der Waals surface area (Å²) in [6.07, 6.45) is 9.74. The van der Waals surface area contributed by atoms with Gasteiger partial charge in [-0.1, -0.05) is 139 Å². The Balaban J connectivity index is 1.48. The normalized spacial score (nSPS) is 28.1. The monoisotopic (exact) mass is 698 g/mol. The Morgan fingerprint density at radius 1 is 0.577 bits per heavy atom. The molecule has 4 saturated carbocycles. The van der Waals surface area contributed by atoms with Gasteiger partial charge in [-0.3, -0.25) is 0 Å². The molecule has 0 aliphatic heterocycles. The van der Waals surface area contributed by atoms with Crippen LogP contribution in [0.5, 0.6) is 0 Å². The van der Waals surface area contributed by atoms with Crippen LogP contribution >= 0.6 is 11.6 Å². The molecular weight excluding hydrogens is 648 g/mol. The molecule has 4 fully saturated rings. The van der Waals surface area contributed by atoms with Crippen molar-refractivity contribution >= 4 is 17.2 Å². The molecule has 5 aromatic rings. The second-order valence-corrected chi connectivity index (χ2v) is 17.4. The summed E-state index contributed by atoms with van der Waals surface area (Å²) in [7, 11) is 0. The third kappa shape index (κ3) is 5.56. The highest BCUT2D eigenvalue weighted by molar-refractivity contribution is 6.25. The van der Waals surface area contributed by atoms with Crippen LogP contribution in [0.1, 0.15) is 83.0 Å². The maximum atomic E-state index is 8.66. The Morgan fingerprint density at radius 3 is 1.56 bits per heavy atom. The average Bonchev–Trinajstić information content (AvgIpc) is 3.14. The molecule has 0 heterocycles. The van der Waals surface area contributed by atoms with E-state index in [9.17, 15) is 0 Å². The summed E-state index contributed by atoms with van der Waals surface area (Å²) in [4.78, 5) is 0. The molecule has 5 aromatic carbocycles. The number of hydrogen-bond donors (Lipinski definition) is 0. The topological polar surface area (TPSA) is 0 Å². The molecule has 1 heteroatoms. The summed E-state index contributed by atoms with van der Waals surface area (Å²) in [5.41, 5.74) is 16.3. The summed E-state index contributed by atoms with van der Waals surface area (Å²) in [5.74, 6) is 2.39. The summed E-state index contributed by atoms with van der Waals surface area (Å²) >= 11 is 8.66. The molecule has 0 N–H and O–H groups in total. The summed E-state index contributed by atoms with van der Waals surface area (Å²) in [5, 5.41) is -0.274. The van der Waals surface area contributed by atoms with E-state index in [-0.39, 0.29) is 10.8 Å². The van der Waals surface area contributed by atoms with Crippen LogP contribution in [0, 0.1) is 43.9 Å². The highest BCUT2D eigenvalue weighted by Gasteiger charge is 2.62. The van der Waals surface area contributed by atoms with Crippen LogP contribution in [0.25, 0.3) is 5.57 Å². The second kappa shape index (κ2) is 13.4. The highest BCUT2D eigenvalue weighted by Crippen LogP contribution is 2.70. The summed E-state index contributed by atoms with van der Waals surface area (Å²) in [6.45, 7) is 6.98. The Bertz CT molecular complexity index is 2080. The van der Waals surface area contributed by atoms with Gasteiger partial charge >= 0.3 is 0 Å². The molecule has 2 unspecified atom stereocenters. The van der Waals surface area contributed by atoms with Gasteiger partial charge in [0.15, 0.2) is 0 Å². The molecular formula is C51H51Cl. The van der Waals surface area contributed by atoms with Crippen molar-refractivity contribution in [1.82, 2.24) is 0 Å². The molecule has 0 aromatic heterocycles. The van der Waals surface area contributed by atoms with Crippen LogP contribution < -0.4 is 0 Å². The number of halogens is 1. The van der Waals surface area contributed by atoms with Crippen molar-refractivity contribution < 1.29 is 0 Å². The largest absolute Gasteiger partial charge is 0.116 e. The average molecular weight is 699 g/mol. The smallest absolute Gasteiger partial charge is 0.0730 e. The first-order valence-electron chi connectivity index (χ1n) is 19.7. The van der Waals surface area contributed by atoms with Crippen LogP contribution in [0.4, 0.5) is 0 Å². The van der Waals surface area contributed by atoms with E-state index < -0.39 is 5.41 Å². The third-order valence-corrected chi connectivity index (χ3v) is 14.0. The molecule has 4 bridgehead atoms. The first-order chi connectivity index (χ1) is 25.4. The lowest BCUT2D eigenvalue weighted by molar-refractivity contribution is -0.0357. The maximum Gasteiger partial charge on any atom is 0.0730 e. The predicted molar refractivity (Wildman–Crippen MR) is 219 cm³/mol. The first-order valence-corrected chi connectivity index (χ1v) is 20.2. The van der Waals surface area contributed by atoms with Gasteiger partial charge in [-0.15, -0.1) is 11.6 Å². The lowest BCUT2D eigenvalue weighted by Gasteiger charge is -2.63. The Hall–Kier alpha value is -4.13. The van der Waals surface area contributed by atoms with Crippen molar-refractivity contribution in [2.75, 3.05) is 0 Å². The molecule has 5 aliphatic rings. The second-order valence-electron chi connectivity index (χ2n) is 17.0. The van der Waals surface area contributed by atoms with Gasteiger partial charge in [0.2, 0.25) is 0 Å². The third-order valence-electron chi connectivity index (χ3n) is 13.4.